The smallest absolute Gasteiger partial charge is 0.331 e. The predicted molar refractivity (Wildman–Crippen MR) is 73.3 cm³/mol. The van der Waals surface area contributed by atoms with Crippen molar-refractivity contribution in [1.82, 2.24) is 9.55 Å². The summed E-state index contributed by atoms with van der Waals surface area (Å²) in [6.07, 6.45) is 0. The first-order valence-corrected chi connectivity index (χ1v) is 6.14. The van der Waals surface area contributed by atoms with Crippen LogP contribution in [0.2, 0.25) is 0 Å². The molecule has 0 radical (unpaired) electrons. The van der Waals surface area contributed by atoms with E-state index in [9.17, 15) is 9.90 Å². The lowest BCUT2D eigenvalue weighted by atomic mass is 10.2. The number of aromatic hydroxyl groups is 1. The lowest BCUT2D eigenvalue weighted by Gasteiger charge is -2.03. The zero-order chi connectivity index (χ0) is 12.7. The summed E-state index contributed by atoms with van der Waals surface area (Å²) < 4.78 is 2.47. The molecule has 2 N–H and O–H groups in total. The topological polar surface area (TPSA) is 58.0 Å². The Labute approximate surface area is 111 Å². The maximum atomic E-state index is 12.0. The summed E-state index contributed by atoms with van der Waals surface area (Å²) in [6, 6.07) is 12.1. The number of aromatic amines is 1. The van der Waals surface area contributed by atoms with E-state index in [0.29, 0.717) is 5.69 Å². The van der Waals surface area contributed by atoms with Gasteiger partial charge in [-0.3, -0.25) is 4.57 Å². The molecule has 0 aliphatic carbocycles. The normalized spacial score (nSPS) is 10.9. The van der Waals surface area contributed by atoms with Crippen molar-refractivity contribution < 1.29 is 5.11 Å². The zero-order valence-electron chi connectivity index (χ0n) is 9.22. The van der Waals surface area contributed by atoms with Gasteiger partial charge in [-0.25, -0.2) is 4.79 Å². The van der Waals surface area contributed by atoms with Gasteiger partial charge in [0.05, 0.1) is 16.7 Å². The maximum absolute atomic E-state index is 12.0. The Morgan fingerprint density at radius 3 is 2.56 bits per heavy atom. The van der Waals surface area contributed by atoms with E-state index in [2.05, 4.69) is 20.9 Å². The first-order chi connectivity index (χ1) is 8.65. The number of phenols is 1. The summed E-state index contributed by atoms with van der Waals surface area (Å²) in [6.45, 7) is 0. The van der Waals surface area contributed by atoms with Crippen LogP contribution in [0, 0.1) is 0 Å². The highest BCUT2D eigenvalue weighted by molar-refractivity contribution is 9.10. The highest BCUT2D eigenvalue weighted by atomic mass is 79.9. The second kappa shape index (κ2) is 4.03. The average molecular weight is 305 g/mol. The van der Waals surface area contributed by atoms with Crippen LogP contribution < -0.4 is 5.69 Å². The third-order valence-corrected chi connectivity index (χ3v) is 3.25. The van der Waals surface area contributed by atoms with Gasteiger partial charge in [-0.05, 0) is 42.5 Å². The minimum atomic E-state index is -0.200. The summed E-state index contributed by atoms with van der Waals surface area (Å²) in [4.78, 5) is 14.8. The second-order valence-electron chi connectivity index (χ2n) is 3.94. The molecule has 4 nitrogen and oxygen atoms in total. The standard InChI is InChI=1S/C13H9BrN2O2/c14-8-1-6-11-12(7-8)16(13(18)15-11)9-2-4-10(17)5-3-9/h1-7,17H,(H,15,18). The summed E-state index contributed by atoms with van der Waals surface area (Å²) in [5.74, 6) is 0.174. The number of halogens is 1. The quantitative estimate of drug-likeness (QED) is 0.726. The molecule has 2 aromatic carbocycles. The molecule has 90 valence electrons. The van der Waals surface area contributed by atoms with E-state index < -0.39 is 0 Å². The van der Waals surface area contributed by atoms with Gasteiger partial charge in [-0.2, -0.15) is 0 Å². The number of benzene rings is 2. The van der Waals surface area contributed by atoms with E-state index in [0.717, 1.165) is 15.5 Å². The van der Waals surface area contributed by atoms with Crippen molar-refractivity contribution in [3.8, 4) is 11.4 Å². The fourth-order valence-electron chi connectivity index (χ4n) is 1.93. The van der Waals surface area contributed by atoms with Gasteiger partial charge >= 0.3 is 5.69 Å². The molecule has 0 saturated carbocycles. The van der Waals surface area contributed by atoms with Crippen LogP contribution in [-0.4, -0.2) is 14.7 Å². The number of aromatic nitrogens is 2. The molecular weight excluding hydrogens is 296 g/mol. The maximum Gasteiger partial charge on any atom is 0.331 e. The van der Waals surface area contributed by atoms with Gasteiger partial charge in [0, 0.05) is 4.47 Å². The molecule has 3 rings (SSSR count). The number of rotatable bonds is 1. The van der Waals surface area contributed by atoms with Crippen molar-refractivity contribution in [2.75, 3.05) is 0 Å². The Morgan fingerprint density at radius 2 is 1.83 bits per heavy atom. The van der Waals surface area contributed by atoms with Crippen LogP contribution >= 0.6 is 15.9 Å². The first kappa shape index (κ1) is 11.1. The van der Waals surface area contributed by atoms with Gasteiger partial charge < -0.3 is 10.1 Å². The van der Waals surface area contributed by atoms with Gasteiger partial charge in [0.1, 0.15) is 5.75 Å². The largest absolute Gasteiger partial charge is 0.508 e. The van der Waals surface area contributed by atoms with Crippen LogP contribution in [0.1, 0.15) is 0 Å². The molecule has 1 heterocycles. The Morgan fingerprint density at radius 1 is 1.11 bits per heavy atom. The number of nitrogens with one attached hydrogen (secondary N) is 1. The molecule has 1 aromatic heterocycles. The van der Waals surface area contributed by atoms with Gasteiger partial charge in [0.2, 0.25) is 0 Å². The van der Waals surface area contributed by atoms with Crippen molar-refractivity contribution in [3.63, 3.8) is 0 Å². The summed E-state index contributed by atoms with van der Waals surface area (Å²) >= 11 is 3.39. The highest BCUT2D eigenvalue weighted by Crippen LogP contribution is 2.21. The lowest BCUT2D eigenvalue weighted by Crippen LogP contribution is -2.14. The Bertz CT molecular complexity index is 772. The Kier molecular flexibility index (Phi) is 2.48. The van der Waals surface area contributed by atoms with Crippen molar-refractivity contribution in [2.24, 2.45) is 0 Å². The Hall–Kier alpha value is -2.01. The number of hydrogen-bond donors (Lipinski definition) is 2. The molecule has 0 aliphatic rings. The van der Waals surface area contributed by atoms with E-state index >= 15 is 0 Å². The second-order valence-corrected chi connectivity index (χ2v) is 4.86. The van der Waals surface area contributed by atoms with E-state index in [-0.39, 0.29) is 11.4 Å². The lowest BCUT2D eigenvalue weighted by molar-refractivity contribution is 0.475. The van der Waals surface area contributed by atoms with Crippen molar-refractivity contribution in [3.05, 3.63) is 57.4 Å². The van der Waals surface area contributed by atoms with Gasteiger partial charge in [0.15, 0.2) is 0 Å². The third kappa shape index (κ3) is 1.73. The molecule has 0 spiro atoms. The molecule has 3 aromatic rings. The third-order valence-electron chi connectivity index (χ3n) is 2.75. The van der Waals surface area contributed by atoms with Crippen molar-refractivity contribution >= 4 is 27.0 Å². The van der Waals surface area contributed by atoms with Crippen LogP contribution in [0.4, 0.5) is 0 Å². The SMILES string of the molecule is O=c1[nH]c2ccc(Br)cc2n1-c1ccc(O)cc1. The highest BCUT2D eigenvalue weighted by Gasteiger charge is 2.08. The number of H-pyrrole nitrogens is 1. The first-order valence-electron chi connectivity index (χ1n) is 5.35. The summed E-state index contributed by atoms with van der Waals surface area (Å²) in [5, 5.41) is 9.28. The molecular formula is C13H9BrN2O2. The predicted octanol–water partition coefficient (Wildman–Crippen LogP) is 2.79. The molecule has 0 bridgehead atoms. The van der Waals surface area contributed by atoms with Crippen LogP contribution in [0.3, 0.4) is 0 Å². The number of nitrogens with zero attached hydrogens (tertiary/aromatic N) is 1. The van der Waals surface area contributed by atoms with E-state index in [1.54, 1.807) is 28.8 Å². The van der Waals surface area contributed by atoms with Gasteiger partial charge in [-0.1, -0.05) is 15.9 Å². The summed E-state index contributed by atoms with van der Waals surface area (Å²) in [7, 11) is 0. The molecule has 0 unspecified atom stereocenters. The zero-order valence-corrected chi connectivity index (χ0v) is 10.8. The number of phenolic OH excluding ortho intramolecular Hbond substituents is 1. The van der Waals surface area contributed by atoms with Gasteiger partial charge in [-0.15, -0.1) is 0 Å². The van der Waals surface area contributed by atoms with Crippen molar-refractivity contribution in [2.45, 2.75) is 0 Å². The Balaban J connectivity index is 2.34. The molecule has 0 amide bonds. The van der Waals surface area contributed by atoms with E-state index in [1.807, 2.05) is 18.2 Å². The number of fused-ring (bicyclic) bond motifs is 1. The van der Waals surface area contributed by atoms with Crippen LogP contribution in [0.5, 0.6) is 5.75 Å². The summed E-state index contributed by atoms with van der Waals surface area (Å²) in [5.41, 5.74) is 2.08. The fraction of sp³-hybridized carbons (Fsp3) is 0. The molecule has 5 heteroatoms. The monoisotopic (exact) mass is 304 g/mol. The fourth-order valence-corrected chi connectivity index (χ4v) is 2.28. The van der Waals surface area contributed by atoms with Gasteiger partial charge in [0.25, 0.3) is 0 Å². The minimum Gasteiger partial charge on any atom is -0.508 e. The van der Waals surface area contributed by atoms with Crippen LogP contribution in [-0.2, 0) is 0 Å². The van der Waals surface area contributed by atoms with E-state index in [1.165, 1.54) is 0 Å². The van der Waals surface area contributed by atoms with E-state index in [4.69, 9.17) is 0 Å². The molecule has 0 saturated heterocycles. The molecule has 18 heavy (non-hydrogen) atoms. The van der Waals surface area contributed by atoms with Crippen molar-refractivity contribution in [1.29, 1.82) is 0 Å². The van der Waals surface area contributed by atoms with Crippen LogP contribution in [0.15, 0.2) is 51.7 Å². The molecule has 0 atom stereocenters. The van der Waals surface area contributed by atoms with Crippen LogP contribution in [0.25, 0.3) is 16.7 Å². The minimum absolute atomic E-state index is 0.174. The molecule has 0 fully saturated rings. The number of imidazole rings is 1. The average Bonchev–Trinajstić information content (AvgIpc) is 2.66. The number of hydrogen-bond acceptors (Lipinski definition) is 2. The molecule has 0 aliphatic heterocycles.